The lowest BCUT2D eigenvalue weighted by Gasteiger charge is -2.04. The first-order chi connectivity index (χ1) is 8.11. The van der Waals surface area contributed by atoms with Crippen molar-refractivity contribution < 1.29 is 8.78 Å². The molecule has 1 heterocycles. The van der Waals surface area contributed by atoms with Crippen LogP contribution in [0.4, 0.5) is 8.78 Å². The molecular formula is C12H10F2N2O. The van der Waals surface area contributed by atoms with Gasteiger partial charge >= 0.3 is 0 Å². The van der Waals surface area contributed by atoms with Gasteiger partial charge in [-0.2, -0.15) is 0 Å². The molecule has 5 heteroatoms. The predicted molar refractivity (Wildman–Crippen MR) is 60.3 cm³/mol. The fourth-order valence-electron chi connectivity index (χ4n) is 1.53. The molecular weight excluding hydrogens is 226 g/mol. The standard InChI is InChI=1S/C12H10F2N2O/c13-8-2-3-10(14)9(5-8)11-4-1-7(6-15)12(17)16-11/h1-5H,6,15H2,(H,16,17). The monoisotopic (exact) mass is 236 g/mol. The maximum Gasteiger partial charge on any atom is 0.252 e. The van der Waals surface area contributed by atoms with E-state index in [0.29, 0.717) is 5.56 Å². The third-order valence-electron chi connectivity index (χ3n) is 2.43. The summed E-state index contributed by atoms with van der Waals surface area (Å²) in [7, 11) is 0. The number of rotatable bonds is 2. The molecule has 0 aliphatic carbocycles. The molecule has 17 heavy (non-hydrogen) atoms. The number of H-pyrrole nitrogens is 1. The van der Waals surface area contributed by atoms with Gasteiger partial charge in [-0.15, -0.1) is 0 Å². The van der Waals surface area contributed by atoms with Gasteiger partial charge in [-0.25, -0.2) is 8.78 Å². The van der Waals surface area contributed by atoms with E-state index in [-0.39, 0.29) is 17.8 Å². The molecule has 2 aromatic rings. The molecule has 3 N–H and O–H groups in total. The summed E-state index contributed by atoms with van der Waals surface area (Å²) in [4.78, 5) is 14.0. The van der Waals surface area contributed by atoms with Crippen molar-refractivity contribution in [1.82, 2.24) is 4.98 Å². The van der Waals surface area contributed by atoms with Crippen LogP contribution < -0.4 is 11.3 Å². The molecule has 0 amide bonds. The summed E-state index contributed by atoms with van der Waals surface area (Å²) in [5.74, 6) is -1.16. The molecule has 0 unspecified atom stereocenters. The zero-order chi connectivity index (χ0) is 12.4. The molecule has 0 radical (unpaired) electrons. The van der Waals surface area contributed by atoms with Crippen molar-refractivity contribution in [3.63, 3.8) is 0 Å². The van der Waals surface area contributed by atoms with Crippen LogP contribution in [0, 0.1) is 11.6 Å². The van der Waals surface area contributed by atoms with Crippen molar-refractivity contribution in [1.29, 1.82) is 0 Å². The summed E-state index contributed by atoms with van der Waals surface area (Å²) in [5.41, 5.74) is 5.58. The normalized spacial score (nSPS) is 10.5. The number of hydrogen-bond donors (Lipinski definition) is 2. The molecule has 0 spiro atoms. The molecule has 1 aromatic heterocycles. The van der Waals surface area contributed by atoms with E-state index in [1.54, 1.807) is 0 Å². The van der Waals surface area contributed by atoms with Crippen molar-refractivity contribution in [2.75, 3.05) is 0 Å². The lowest BCUT2D eigenvalue weighted by atomic mass is 10.1. The molecule has 0 bridgehead atoms. The number of aromatic amines is 1. The largest absolute Gasteiger partial charge is 0.326 e. The van der Waals surface area contributed by atoms with E-state index in [0.717, 1.165) is 18.2 Å². The van der Waals surface area contributed by atoms with Gasteiger partial charge in [0.1, 0.15) is 11.6 Å². The molecule has 0 atom stereocenters. The topological polar surface area (TPSA) is 58.9 Å². The second kappa shape index (κ2) is 4.47. The first-order valence-electron chi connectivity index (χ1n) is 4.99. The molecule has 0 saturated heterocycles. The van der Waals surface area contributed by atoms with Gasteiger partial charge in [0.15, 0.2) is 0 Å². The van der Waals surface area contributed by atoms with Gasteiger partial charge in [-0.3, -0.25) is 4.79 Å². The first-order valence-corrected chi connectivity index (χ1v) is 4.99. The fraction of sp³-hybridized carbons (Fsp3) is 0.0833. The van der Waals surface area contributed by atoms with E-state index in [4.69, 9.17) is 5.73 Å². The van der Waals surface area contributed by atoms with Crippen molar-refractivity contribution in [3.05, 3.63) is 57.9 Å². The summed E-state index contributed by atoms with van der Waals surface area (Å²) in [5, 5.41) is 0. The second-order valence-corrected chi connectivity index (χ2v) is 3.55. The zero-order valence-electron chi connectivity index (χ0n) is 8.84. The van der Waals surface area contributed by atoms with Crippen molar-refractivity contribution in [3.8, 4) is 11.3 Å². The van der Waals surface area contributed by atoms with Crippen LogP contribution in [0.2, 0.25) is 0 Å². The Labute approximate surface area is 95.9 Å². The minimum atomic E-state index is -0.595. The van der Waals surface area contributed by atoms with Gasteiger partial charge in [0, 0.05) is 17.7 Å². The van der Waals surface area contributed by atoms with Crippen LogP contribution in [0.25, 0.3) is 11.3 Å². The van der Waals surface area contributed by atoms with Gasteiger partial charge in [0.05, 0.1) is 5.69 Å². The van der Waals surface area contributed by atoms with Gasteiger partial charge < -0.3 is 10.7 Å². The Morgan fingerprint density at radius 3 is 2.59 bits per heavy atom. The third kappa shape index (κ3) is 2.24. The molecule has 1 aromatic carbocycles. The highest BCUT2D eigenvalue weighted by Gasteiger charge is 2.08. The quantitative estimate of drug-likeness (QED) is 0.835. The Morgan fingerprint density at radius 1 is 1.18 bits per heavy atom. The lowest BCUT2D eigenvalue weighted by molar-refractivity contribution is 0.602. The smallest absolute Gasteiger partial charge is 0.252 e. The molecule has 3 nitrogen and oxygen atoms in total. The van der Waals surface area contributed by atoms with Crippen LogP contribution in [0.15, 0.2) is 35.1 Å². The van der Waals surface area contributed by atoms with Crippen LogP contribution >= 0.6 is 0 Å². The van der Waals surface area contributed by atoms with Gasteiger partial charge in [0.25, 0.3) is 5.56 Å². The number of benzene rings is 1. The van der Waals surface area contributed by atoms with E-state index in [2.05, 4.69) is 4.98 Å². The second-order valence-electron chi connectivity index (χ2n) is 3.55. The maximum atomic E-state index is 13.5. The van der Waals surface area contributed by atoms with Crippen molar-refractivity contribution in [2.45, 2.75) is 6.54 Å². The zero-order valence-corrected chi connectivity index (χ0v) is 8.84. The van der Waals surface area contributed by atoms with Crippen molar-refractivity contribution >= 4 is 0 Å². The summed E-state index contributed by atoms with van der Waals surface area (Å²) < 4.78 is 26.5. The molecule has 0 aliphatic rings. The molecule has 0 fully saturated rings. The van der Waals surface area contributed by atoms with Crippen LogP contribution in [-0.2, 0) is 6.54 Å². The van der Waals surface area contributed by atoms with Crippen LogP contribution in [0.5, 0.6) is 0 Å². The number of nitrogens with one attached hydrogen (secondary N) is 1. The SMILES string of the molecule is NCc1ccc(-c2cc(F)ccc2F)[nH]c1=O. The van der Waals surface area contributed by atoms with E-state index < -0.39 is 17.2 Å². The minimum Gasteiger partial charge on any atom is -0.326 e. The summed E-state index contributed by atoms with van der Waals surface area (Å²) >= 11 is 0. The van der Waals surface area contributed by atoms with E-state index in [9.17, 15) is 13.6 Å². The predicted octanol–water partition coefficient (Wildman–Crippen LogP) is 1.78. The van der Waals surface area contributed by atoms with Gasteiger partial charge in [0.2, 0.25) is 0 Å². The van der Waals surface area contributed by atoms with Gasteiger partial charge in [-0.05, 0) is 24.3 Å². The summed E-state index contributed by atoms with van der Waals surface area (Å²) in [6, 6.07) is 6.06. The highest BCUT2D eigenvalue weighted by molar-refractivity contribution is 5.59. The Kier molecular flexibility index (Phi) is 3.01. The Morgan fingerprint density at radius 2 is 1.94 bits per heavy atom. The minimum absolute atomic E-state index is 0.0191. The average Bonchev–Trinajstić information content (AvgIpc) is 2.32. The first kappa shape index (κ1) is 11.5. The Balaban J connectivity index is 2.57. The fourth-order valence-corrected chi connectivity index (χ4v) is 1.53. The maximum absolute atomic E-state index is 13.5. The van der Waals surface area contributed by atoms with E-state index in [1.165, 1.54) is 12.1 Å². The Hall–Kier alpha value is -2.01. The number of aromatic nitrogens is 1. The Bertz CT molecular complexity index is 608. The molecule has 0 aliphatic heterocycles. The average molecular weight is 236 g/mol. The number of nitrogens with two attached hydrogens (primary N) is 1. The highest BCUT2D eigenvalue weighted by atomic mass is 19.1. The van der Waals surface area contributed by atoms with E-state index in [1.807, 2.05) is 0 Å². The van der Waals surface area contributed by atoms with Crippen LogP contribution in [0.3, 0.4) is 0 Å². The summed E-state index contributed by atoms with van der Waals surface area (Å²) in [6.07, 6.45) is 0. The lowest BCUT2D eigenvalue weighted by Crippen LogP contribution is -2.16. The molecule has 88 valence electrons. The molecule has 2 rings (SSSR count). The highest BCUT2D eigenvalue weighted by Crippen LogP contribution is 2.20. The van der Waals surface area contributed by atoms with Crippen LogP contribution in [-0.4, -0.2) is 4.98 Å². The summed E-state index contributed by atoms with van der Waals surface area (Å²) in [6.45, 7) is 0.0985. The van der Waals surface area contributed by atoms with E-state index >= 15 is 0 Å². The third-order valence-corrected chi connectivity index (χ3v) is 2.43. The van der Waals surface area contributed by atoms with Gasteiger partial charge in [-0.1, -0.05) is 6.07 Å². The number of pyridine rings is 1. The van der Waals surface area contributed by atoms with Crippen LogP contribution in [0.1, 0.15) is 5.56 Å². The number of halogens is 2. The van der Waals surface area contributed by atoms with Crippen molar-refractivity contribution in [2.24, 2.45) is 5.73 Å². The molecule has 0 saturated carbocycles. The number of hydrogen-bond acceptors (Lipinski definition) is 2.